The number of rotatable bonds is 5. The van der Waals surface area contributed by atoms with Gasteiger partial charge in [0, 0.05) is 0 Å². The zero-order valence-corrected chi connectivity index (χ0v) is 17.3. The van der Waals surface area contributed by atoms with E-state index in [0.29, 0.717) is 9.87 Å². The van der Waals surface area contributed by atoms with E-state index in [-0.39, 0.29) is 28.3 Å². The fourth-order valence-corrected chi connectivity index (χ4v) is 5.16. The van der Waals surface area contributed by atoms with Gasteiger partial charge in [-0.25, -0.2) is 22.3 Å². The normalized spacial score (nSPS) is 19.5. The highest BCUT2D eigenvalue weighted by molar-refractivity contribution is 7.90. The van der Waals surface area contributed by atoms with Crippen LogP contribution >= 0.6 is 0 Å². The Morgan fingerprint density at radius 3 is 2.42 bits per heavy atom. The Morgan fingerprint density at radius 2 is 1.74 bits per heavy atom. The monoisotopic (exact) mass is 441 g/mol. The van der Waals surface area contributed by atoms with Crippen LogP contribution in [0.2, 0.25) is 0 Å². The van der Waals surface area contributed by atoms with E-state index in [1.54, 1.807) is 43.3 Å². The minimum absolute atomic E-state index is 0.0132. The molecular formula is C21H19N3O6S. The molecule has 2 aliphatic rings. The summed E-state index contributed by atoms with van der Waals surface area (Å²) in [5, 5.41) is 5.15. The minimum Gasteiger partial charge on any atom is -0.463 e. The van der Waals surface area contributed by atoms with Crippen LogP contribution in [0.25, 0.3) is 0 Å². The van der Waals surface area contributed by atoms with Crippen molar-refractivity contribution >= 4 is 27.9 Å². The molecule has 0 bridgehead atoms. The molecule has 0 fully saturated rings. The van der Waals surface area contributed by atoms with Crippen LogP contribution < -0.4 is 10.6 Å². The lowest BCUT2D eigenvalue weighted by Crippen LogP contribution is -2.49. The second-order valence-electron chi connectivity index (χ2n) is 6.87. The molecule has 31 heavy (non-hydrogen) atoms. The molecule has 0 aromatic heterocycles. The van der Waals surface area contributed by atoms with Gasteiger partial charge in [0.2, 0.25) is 0 Å². The van der Waals surface area contributed by atoms with Gasteiger partial charge in [-0.2, -0.15) is 0 Å². The Morgan fingerprint density at radius 1 is 1.06 bits per heavy atom. The summed E-state index contributed by atoms with van der Waals surface area (Å²) in [5.74, 6) is -1.45. The highest BCUT2D eigenvalue weighted by atomic mass is 32.2. The molecule has 2 N–H and O–H groups in total. The van der Waals surface area contributed by atoms with Crippen molar-refractivity contribution in [1.82, 2.24) is 14.9 Å². The largest absolute Gasteiger partial charge is 0.463 e. The average molecular weight is 441 g/mol. The van der Waals surface area contributed by atoms with E-state index < -0.39 is 40.5 Å². The van der Waals surface area contributed by atoms with Gasteiger partial charge in [0.15, 0.2) is 0 Å². The second kappa shape index (κ2) is 7.88. The lowest BCUT2D eigenvalue weighted by molar-refractivity contribution is -0.139. The molecule has 0 radical (unpaired) electrons. The van der Waals surface area contributed by atoms with E-state index in [1.165, 1.54) is 18.2 Å². The molecule has 2 heterocycles. The fraction of sp³-hybridized carbons (Fsp3) is 0.190. The van der Waals surface area contributed by atoms with Crippen molar-refractivity contribution in [3.05, 3.63) is 77.0 Å². The van der Waals surface area contributed by atoms with Crippen LogP contribution in [0.15, 0.2) is 70.8 Å². The number of carbonyl (C=O) groups is 3. The number of nitrogens with one attached hydrogen (secondary N) is 2. The summed E-state index contributed by atoms with van der Waals surface area (Å²) in [5.41, 5.74) is 0.671. The van der Waals surface area contributed by atoms with Crippen molar-refractivity contribution in [1.29, 1.82) is 0 Å². The number of carbonyl (C=O) groups excluding carboxylic acids is 3. The summed E-state index contributed by atoms with van der Waals surface area (Å²) in [7, 11) is -4.13. The van der Waals surface area contributed by atoms with E-state index >= 15 is 0 Å². The van der Waals surface area contributed by atoms with Gasteiger partial charge in [-0.1, -0.05) is 42.5 Å². The van der Waals surface area contributed by atoms with Crippen molar-refractivity contribution in [2.75, 3.05) is 13.2 Å². The topological polar surface area (TPSA) is 122 Å². The maximum absolute atomic E-state index is 12.9. The van der Waals surface area contributed by atoms with Crippen molar-refractivity contribution < 1.29 is 27.5 Å². The number of urea groups is 1. The first-order chi connectivity index (χ1) is 14.8. The minimum atomic E-state index is -4.13. The number of ether oxygens (including phenoxy) is 1. The summed E-state index contributed by atoms with van der Waals surface area (Å²) >= 11 is 0. The molecule has 0 saturated carbocycles. The number of hydrogen-bond acceptors (Lipinski definition) is 6. The summed E-state index contributed by atoms with van der Waals surface area (Å²) in [6.07, 6.45) is 0. The molecule has 4 rings (SSSR count). The van der Waals surface area contributed by atoms with Gasteiger partial charge in [0.05, 0.1) is 36.0 Å². The average Bonchev–Trinajstić information content (AvgIpc) is 2.95. The molecule has 2 aromatic carbocycles. The Hall–Kier alpha value is -3.66. The Kier molecular flexibility index (Phi) is 5.24. The molecule has 2 aliphatic heterocycles. The van der Waals surface area contributed by atoms with Gasteiger partial charge in [-0.15, -0.1) is 0 Å². The maximum atomic E-state index is 12.9. The Labute approximate surface area is 178 Å². The van der Waals surface area contributed by atoms with E-state index in [9.17, 15) is 22.8 Å². The van der Waals surface area contributed by atoms with Crippen molar-refractivity contribution in [3.63, 3.8) is 0 Å². The zero-order valence-electron chi connectivity index (χ0n) is 16.5. The van der Waals surface area contributed by atoms with Gasteiger partial charge >= 0.3 is 12.0 Å². The zero-order chi connectivity index (χ0) is 22.2. The van der Waals surface area contributed by atoms with Crippen molar-refractivity contribution in [2.45, 2.75) is 17.9 Å². The third kappa shape index (κ3) is 3.55. The SMILES string of the molecule is CCOC(=O)C1=C(CN2C(=O)c3ccccc3S2(=O)=O)NC(=O)NC1c1ccccc1. The standard InChI is InChI=1S/C21H19N3O6S/c1-2-30-20(26)17-15(22-21(27)23-18(17)13-8-4-3-5-9-13)12-24-19(25)14-10-6-7-11-16(14)31(24,28)29/h3-11,18H,2,12H2,1H3,(H2,22,23,27). The van der Waals surface area contributed by atoms with Crippen LogP contribution in [-0.2, 0) is 19.6 Å². The van der Waals surface area contributed by atoms with Gasteiger partial charge in [-0.05, 0) is 24.6 Å². The Balaban J connectivity index is 1.81. The van der Waals surface area contributed by atoms with Gasteiger partial charge < -0.3 is 15.4 Å². The second-order valence-corrected chi connectivity index (χ2v) is 8.70. The third-order valence-corrected chi connectivity index (χ3v) is 6.78. The van der Waals surface area contributed by atoms with Crippen LogP contribution in [0.4, 0.5) is 4.79 Å². The lowest BCUT2D eigenvalue weighted by atomic mass is 9.95. The first-order valence-electron chi connectivity index (χ1n) is 9.53. The summed E-state index contributed by atoms with van der Waals surface area (Å²) in [6, 6.07) is 13.1. The summed E-state index contributed by atoms with van der Waals surface area (Å²) < 4.78 is 31.7. The summed E-state index contributed by atoms with van der Waals surface area (Å²) in [4.78, 5) is 37.9. The number of nitrogens with zero attached hydrogens (tertiary/aromatic N) is 1. The quantitative estimate of drug-likeness (QED) is 0.681. The Bertz CT molecular complexity index is 1210. The number of fused-ring (bicyclic) bond motifs is 1. The van der Waals surface area contributed by atoms with Crippen LogP contribution in [0.3, 0.4) is 0 Å². The summed E-state index contributed by atoms with van der Waals surface area (Å²) in [6.45, 7) is 1.20. The smallest absolute Gasteiger partial charge is 0.338 e. The van der Waals surface area contributed by atoms with Crippen molar-refractivity contribution in [3.8, 4) is 0 Å². The number of amides is 3. The number of esters is 1. The molecule has 2 aromatic rings. The number of hydrogen-bond donors (Lipinski definition) is 2. The molecule has 1 unspecified atom stereocenters. The van der Waals surface area contributed by atoms with E-state index in [4.69, 9.17) is 4.74 Å². The van der Waals surface area contributed by atoms with Crippen LogP contribution in [0.1, 0.15) is 28.9 Å². The first-order valence-corrected chi connectivity index (χ1v) is 11.0. The van der Waals surface area contributed by atoms with Crippen LogP contribution in [-0.4, -0.2) is 43.8 Å². The van der Waals surface area contributed by atoms with Crippen molar-refractivity contribution in [2.24, 2.45) is 0 Å². The highest BCUT2D eigenvalue weighted by Crippen LogP contribution is 2.33. The molecule has 10 heteroatoms. The van der Waals surface area contributed by atoms with Gasteiger partial charge in [0.25, 0.3) is 15.9 Å². The molecule has 1 atom stereocenters. The van der Waals surface area contributed by atoms with Crippen LogP contribution in [0, 0.1) is 0 Å². The molecule has 0 aliphatic carbocycles. The van der Waals surface area contributed by atoms with Gasteiger partial charge in [-0.3, -0.25) is 4.79 Å². The fourth-order valence-electron chi connectivity index (χ4n) is 3.62. The molecule has 9 nitrogen and oxygen atoms in total. The lowest BCUT2D eigenvalue weighted by Gasteiger charge is -2.30. The third-order valence-electron chi connectivity index (χ3n) is 5.00. The molecule has 160 valence electrons. The molecular weight excluding hydrogens is 422 g/mol. The van der Waals surface area contributed by atoms with E-state index in [0.717, 1.165) is 0 Å². The van der Waals surface area contributed by atoms with E-state index in [2.05, 4.69) is 10.6 Å². The maximum Gasteiger partial charge on any atom is 0.338 e. The number of benzene rings is 2. The first kappa shape index (κ1) is 20.6. The molecule has 0 saturated heterocycles. The van der Waals surface area contributed by atoms with Crippen LogP contribution in [0.5, 0.6) is 0 Å². The predicted octanol–water partition coefficient (Wildman–Crippen LogP) is 1.70. The number of sulfonamides is 1. The highest BCUT2D eigenvalue weighted by Gasteiger charge is 2.43. The van der Waals surface area contributed by atoms with Gasteiger partial charge in [0.1, 0.15) is 4.90 Å². The van der Waals surface area contributed by atoms with E-state index in [1.807, 2.05) is 0 Å². The predicted molar refractivity (Wildman–Crippen MR) is 109 cm³/mol. The molecule has 3 amide bonds. The molecule has 0 spiro atoms.